The Balaban J connectivity index is 2.41. The molecule has 0 aliphatic carbocycles. The standard InChI is InChI=1S/C21H33NO4SSi/c1-17-11-13-18(14-12-17)27(24,25)22-15-7-10-20(19(22)9-8-16-23)26-28(5,6)21(2,3)4/h11-14,19-20,23H,7,10,15-16H2,1-6H3/t19-,20+/m1/s1. The molecule has 0 aromatic heterocycles. The van der Waals surface area contributed by atoms with E-state index in [1.54, 1.807) is 24.3 Å². The quantitative estimate of drug-likeness (QED) is 0.594. The van der Waals surface area contributed by atoms with Crippen LogP contribution in [0, 0.1) is 18.8 Å². The second-order valence-electron chi connectivity index (χ2n) is 8.91. The van der Waals surface area contributed by atoms with Crippen molar-refractivity contribution in [2.75, 3.05) is 13.2 Å². The molecule has 2 atom stereocenters. The molecule has 1 aliphatic rings. The number of hydrogen-bond donors (Lipinski definition) is 1. The first-order valence-electron chi connectivity index (χ1n) is 9.76. The van der Waals surface area contributed by atoms with Crippen molar-refractivity contribution in [3.63, 3.8) is 0 Å². The molecular formula is C21H33NO4SSi. The minimum absolute atomic E-state index is 0.0140. The lowest BCUT2D eigenvalue weighted by atomic mass is 10.0. The molecule has 1 heterocycles. The van der Waals surface area contributed by atoms with Crippen LogP contribution in [0.1, 0.15) is 39.2 Å². The number of benzene rings is 1. The molecule has 1 aromatic rings. The Hall–Kier alpha value is -1.17. The van der Waals surface area contributed by atoms with E-state index in [9.17, 15) is 13.5 Å². The Labute approximate surface area is 171 Å². The van der Waals surface area contributed by atoms with E-state index in [4.69, 9.17) is 4.43 Å². The van der Waals surface area contributed by atoms with Gasteiger partial charge in [0, 0.05) is 6.54 Å². The van der Waals surface area contributed by atoms with Crippen molar-refractivity contribution in [3.05, 3.63) is 29.8 Å². The molecule has 1 aliphatic heterocycles. The van der Waals surface area contributed by atoms with Gasteiger partial charge in [0.25, 0.3) is 0 Å². The van der Waals surface area contributed by atoms with E-state index >= 15 is 0 Å². The molecule has 7 heteroatoms. The third kappa shape index (κ3) is 5.05. The summed E-state index contributed by atoms with van der Waals surface area (Å²) in [6.07, 6.45) is 1.19. The van der Waals surface area contributed by atoms with Gasteiger partial charge in [-0.3, -0.25) is 0 Å². The number of piperidine rings is 1. The largest absolute Gasteiger partial charge is 0.411 e. The molecule has 5 nitrogen and oxygen atoms in total. The maximum Gasteiger partial charge on any atom is 0.244 e. The molecular weight excluding hydrogens is 390 g/mol. The van der Waals surface area contributed by atoms with E-state index in [2.05, 4.69) is 45.7 Å². The molecule has 0 saturated carbocycles. The summed E-state index contributed by atoms with van der Waals surface area (Å²) in [5.41, 5.74) is 1.01. The van der Waals surface area contributed by atoms with Gasteiger partial charge in [-0.25, -0.2) is 8.42 Å². The summed E-state index contributed by atoms with van der Waals surface area (Å²) in [7, 11) is -5.80. The normalized spacial score (nSPS) is 21.8. The number of sulfonamides is 1. The molecule has 28 heavy (non-hydrogen) atoms. The third-order valence-corrected chi connectivity index (χ3v) is 12.1. The first-order valence-corrected chi connectivity index (χ1v) is 14.1. The smallest absolute Gasteiger partial charge is 0.244 e. The van der Waals surface area contributed by atoms with Gasteiger partial charge in [-0.15, -0.1) is 0 Å². The lowest BCUT2D eigenvalue weighted by Crippen LogP contribution is -2.55. The topological polar surface area (TPSA) is 66.8 Å². The summed E-state index contributed by atoms with van der Waals surface area (Å²) < 4.78 is 34.7. The van der Waals surface area contributed by atoms with Crippen molar-refractivity contribution in [1.29, 1.82) is 0 Å². The fourth-order valence-electron chi connectivity index (χ4n) is 3.04. The highest BCUT2D eigenvalue weighted by molar-refractivity contribution is 7.89. The molecule has 1 saturated heterocycles. The van der Waals surface area contributed by atoms with Crippen molar-refractivity contribution in [2.24, 2.45) is 0 Å². The van der Waals surface area contributed by atoms with E-state index in [0.717, 1.165) is 18.4 Å². The summed E-state index contributed by atoms with van der Waals surface area (Å²) >= 11 is 0. The van der Waals surface area contributed by atoms with Crippen LogP contribution in [0.3, 0.4) is 0 Å². The van der Waals surface area contributed by atoms with Gasteiger partial charge in [-0.2, -0.15) is 4.31 Å². The van der Waals surface area contributed by atoms with Gasteiger partial charge < -0.3 is 9.53 Å². The van der Waals surface area contributed by atoms with E-state index in [0.29, 0.717) is 6.54 Å². The zero-order valence-electron chi connectivity index (χ0n) is 17.8. The minimum atomic E-state index is -3.70. The fourth-order valence-corrected chi connectivity index (χ4v) is 6.00. The summed E-state index contributed by atoms with van der Waals surface area (Å²) in [5, 5.41) is 9.22. The van der Waals surface area contributed by atoms with E-state index in [1.807, 2.05) is 6.92 Å². The number of rotatable bonds is 4. The predicted molar refractivity (Wildman–Crippen MR) is 115 cm³/mol. The van der Waals surface area contributed by atoms with Crippen LogP contribution in [0.15, 0.2) is 29.2 Å². The Bertz CT molecular complexity index is 832. The molecule has 1 fully saturated rings. The van der Waals surface area contributed by atoms with Crippen LogP contribution in [0.5, 0.6) is 0 Å². The van der Waals surface area contributed by atoms with E-state index in [-0.39, 0.29) is 22.6 Å². The summed E-state index contributed by atoms with van der Waals surface area (Å²) in [6, 6.07) is 6.28. The average Bonchev–Trinajstić information content (AvgIpc) is 2.59. The van der Waals surface area contributed by atoms with Crippen molar-refractivity contribution < 1.29 is 18.0 Å². The van der Waals surface area contributed by atoms with Crippen molar-refractivity contribution in [3.8, 4) is 11.8 Å². The van der Waals surface area contributed by atoms with Crippen LogP contribution >= 0.6 is 0 Å². The highest BCUT2D eigenvalue weighted by atomic mass is 32.2. The first kappa shape index (κ1) is 23.1. The Morgan fingerprint density at radius 3 is 2.39 bits per heavy atom. The molecule has 156 valence electrons. The Morgan fingerprint density at radius 2 is 1.86 bits per heavy atom. The van der Waals surface area contributed by atoms with Gasteiger partial charge in [0.1, 0.15) is 12.6 Å². The second-order valence-corrected chi connectivity index (χ2v) is 15.6. The molecule has 1 N–H and O–H groups in total. The van der Waals surface area contributed by atoms with Crippen LogP contribution in [0.2, 0.25) is 18.1 Å². The van der Waals surface area contributed by atoms with Crippen LogP contribution in [0.25, 0.3) is 0 Å². The van der Waals surface area contributed by atoms with Crippen LogP contribution in [-0.2, 0) is 14.4 Å². The second kappa shape index (κ2) is 8.68. The van der Waals surface area contributed by atoms with Crippen LogP contribution in [0.4, 0.5) is 0 Å². The molecule has 2 rings (SSSR count). The lowest BCUT2D eigenvalue weighted by Gasteiger charge is -2.44. The van der Waals surface area contributed by atoms with Gasteiger partial charge in [-0.05, 0) is 50.0 Å². The Morgan fingerprint density at radius 1 is 1.25 bits per heavy atom. The third-order valence-electron chi connectivity index (χ3n) is 5.74. The average molecular weight is 424 g/mol. The number of aliphatic hydroxyl groups excluding tert-OH is 1. The molecule has 0 unspecified atom stereocenters. The SMILES string of the molecule is Cc1ccc(S(=O)(=O)N2CCC[C@H](O[Si](C)(C)C(C)(C)C)[C@H]2C#CCO)cc1. The Kier molecular flexibility index (Phi) is 7.16. The number of aryl methyl sites for hydroxylation is 1. The molecule has 0 amide bonds. The van der Waals surface area contributed by atoms with Gasteiger partial charge >= 0.3 is 0 Å². The van der Waals surface area contributed by atoms with Crippen molar-refractivity contribution >= 4 is 18.3 Å². The zero-order chi connectivity index (χ0) is 21.2. The summed E-state index contributed by atoms with van der Waals surface area (Å²) in [4.78, 5) is 0.266. The maximum atomic E-state index is 13.3. The van der Waals surface area contributed by atoms with E-state index < -0.39 is 24.4 Å². The molecule has 0 radical (unpaired) electrons. The highest BCUT2D eigenvalue weighted by Crippen LogP contribution is 2.39. The van der Waals surface area contributed by atoms with Crippen molar-refractivity contribution in [2.45, 2.75) is 75.7 Å². The van der Waals surface area contributed by atoms with Gasteiger partial charge in [0.05, 0.1) is 11.0 Å². The van der Waals surface area contributed by atoms with Gasteiger partial charge in [0.2, 0.25) is 10.0 Å². The minimum Gasteiger partial charge on any atom is -0.411 e. The van der Waals surface area contributed by atoms with Crippen LogP contribution in [-0.4, -0.2) is 51.4 Å². The van der Waals surface area contributed by atoms with Gasteiger partial charge in [0.15, 0.2) is 8.32 Å². The predicted octanol–water partition coefficient (Wildman–Crippen LogP) is 3.53. The number of nitrogens with zero attached hydrogens (tertiary/aromatic N) is 1. The maximum absolute atomic E-state index is 13.3. The zero-order valence-corrected chi connectivity index (χ0v) is 19.6. The highest BCUT2D eigenvalue weighted by Gasteiger charge is 2.45. The van der Waals surface area contributed by atoms with Crippen molar-refractivity contribution in [1.82, 2.24) is 4.31 Å². The first-order chi connectivity index (χ1) is 12.9. The summed E-state index contributed by atoms with van der Waals surface area (Å²) in [6.45, 7) is 12.8. The monoisotopic (exact) mass is 423 g/mol. The van der Waals surface area contributed by atoms with Gasteiger partial charge in [-0.1, -0.05) is 50.3 Å². The summed E-state index contributed by atoms with van der Waals surface area (Å²) in [5.74, 6) is 5.65. The number of hydrogen-bond acceptors (Lipinski definition) is 4. The molecule has 0 bridgehead atoms. The lowest BCUT2D eigenvalue weighted by molar-refractivity contribution is 0.0866. The molecule has 1 aromatic carbocycles. The number of aliphatic hydroxyl groups is 1. The van der Waals surface area contributed by atoms with E-state index in [1.165, 1.54) is 4.31 Å². The van der Waals surface area contributed by atoms with Crippen LogP contribution < -0.4 is 0 Å². The fraction of sp³-hybridized carbons (Fsp3) is 0.619. The molecule has 0 spiro atoms.